The van der Waals surface area contributed by atoms with Gasteiger partial charge in [0.2, 0.25) is 0 Å². The summed E-state index contributed by atoms with van der Waals surface area (Å²) < 4.78 is 5.66. The van der Waals surface area contributed by atoms with Crippen LogP contribution < -0.4 is 4.74 Å². The van der Waals surface area contributed by atoms with E-state index >= 15 is 0 Å². The number of unbranched alkanes of at least 4 members (excludes halogenated alkanes) is 3. The van der Waals surface area contributed by atoms with Gasteiger partial charge >= 0.3 is 0 Å². The zero-order valence-electron chi connectivity index (χ0n) is 13.3. The Balaban J connectivity index is 1.88. The standard InChI is InChI=1S/C17H25NO3S/c1-17(2)12-22-16(18-17)14-8-7-13(11-15(14)20)21-10-6-4-3-5-9-19/h7-8,11,19-20H,3-6,9-10,12H2,1-2H3. The second kappa shape index (κ2) is 7.88. The van der Waals surface area contributed by atoms with Crippen LogP contribution in [0.15, 0.2) is 23.2 Å². The number of hydrogen-bond acceptors (Lipinski definition) is 5. The van der Waals surface area contributed by atoms with Crippen molar-refractivity contribution in [2.45, 2.75) is 45.1 Å². The first kappa shape index (κ1) is 17.2. The summed E-state index contributed by atoms with van der Waals surface area (Å²) in [5.41, 5.74) is 0.724. The molecule has 0 saturated carbocycles. The molecule has 0 saturated heterocycles. The van der Waals surface area contributed by atoms with E-state index in [0.29, 0.717) is 12.4 Å². The van der Waals surface area contributed by atoms with Crippen molar-refractivity contribution in [2.75, 3.05) is 19.0 Å². The predicted molar refractivity (Wildman–Crippen MR) is 92.2 cm³/mol. The van der Waals surface area contributed by atoms with E-state index in [-0.39, 0.29) is 17.9 Å². The smallest absolute Gasteiger partial charge is 0.129 e. The maximum atomic E-state index is 10.2. The molecule has 0 amide bonds. The quantitative estimate of drug-likeness (QED) is 0.718. The molecule has 1 aliphatic rings. The number of phenols is 1. The normalized spacial score (nSPS) is 16.6. The topological polar surface area (TPSA) is 62.0 Å². The summed E-state index contributed by atoms with van der Waals surface area (Å²) in [4.78, 5) is 4.64. The number of rotatable bonds is 8. The van der Waals surface area contributed by atoms with E-state index in [9.17, 15) is 5.11 Å². The number of phenolic OH excluding ortho intramolecular Hbond substituents is 1. The van der Waals surface area contributed by atoms with Crippen molar-refractivity contribution in [1.29, 1.82) is 0 Å². The minimum Gasteiger partial charge on any atom is -0.507 e. The minimum atomic E-state index is -0.0593. The molecule has 22 heavy (non-hydrogen) atoms. The lowest BCUT2D eigenvalue weighted by molar-refractivity contribution is 0.273. The van der Waals surface area contributed by atoms with Crippen molar-refractivity contribution in [3.63, 3.8) is 0 Å². The highest BCUT2D eigenvalue weighted by Crippen LogP contribution is 2.34. The summed E-state index contributed by atoms with van der Waals surface area (Å²) in [6.07, 6.45) is 3.88. The number of nitrogens with zero attached hydrogens (tertiary/aromatic N) is 1. The Morgan fingerprint density at radius 2 is 2.00 bits per heavy atom. The van der Waals surface area contributed by atoms with Gasteiger partial charge < -0.3 is 14.9 Å². The Morgan fingerprint density at radius 1 is 1.23 bits per heavy atom. The molecule has 4 nitrogen and oxygen atoms in total. The zero-order valence-corrected chi connectivity index (χ0v) is 14.2. The van der Waals surface area contributed by atoms with Crippen LogP contribution in [0.5, 0.6) is 11.5 Å². The molecule has 0 radical (unpaired) electrons. The molecule has 122 valence electrons. The van der Waals surface area contributed by atoms with Crippen LogP contribution in [-0.4, -0.2) is 39.8 Å². The number of hydrogen-bond donors (Lipinski definition) is 2. The number of ether oxygens (including phenoxy) is 1. The molecule has 2 N–H and O–H groups in total. The van der Waals surface area contributed by atoms with Crippen LogP contribution in [0.2, 0.25) is 0 Å². The van der Waals surface area contributed by atoms with Crippen molar-refractivity contribution in [3.8, 4) is 11.5 Å². The van der Waals surface area contributed by atoms with E-state index < -0.39 is 0 Å². The average molecular weight is 323 g/mol. The second-order valence-corrected chi connectivity index (χ2v) is 7.15. The van der Waals surface area contributed by atoms with Gasteiger partial charge in [-0.25, -0.2) is 0 Å². The fraction of sp³-hybridized carbons (Fsp3) is 0.588. The van der Waals surface area contributed by atoms with E-state index in [1.54, 1.807) is 17.8 Å². The molecule has 5 heteroatoms. The van der Waals surface area contributed by atoms with Crippen molar-refractivity contribution < 1.29 is 14.9 Å². The third kappa shape index (κ3) is 4.92. The van der Waals surface area contributed by atoms with Crippen molar-refractivity contribution in [1.82, 2.24) is 0 Å². The lowest BCUT2D eigenvalue weighted by Gasteiger charge is -2.10. The van der Waals surface area contributed by atoms with Gasteiger partial charge in [0.05, 0.1) is 12.1 Å². The lowest BCUT2D eigenvalue weighted by Crippen LogP contribution is -2.15. The summed E-state index contributed by atoms with van der Waals surface area (Å²) in [6, 6.07) is 5.43. The molecule has 0 spiro atoms. The van der Waals surface area contributed by atoms with E-state index in [0.717, 1.165) is 42.0 Å². The first-order valence-corrected chi connectivity index (χ1v) is 8.80. The Kier molecular flexibility index (Phi) is 6.15. The largest absolute Gasteiger partial charge is 0.507 e. The Hall–Kier alpha value is -1.20. The molecule has 1 aromatic carbocycles. The van der Waals surface area contributed by atoms with Gasteiger partial charge in [-0.3, -0.25) is 4.99 Å². The number of aliphatic hydroxyl groups excluding tert-OH is 1. The SMILES string of the molecule is CC1(C)CSC(c2ccc(OCCCCCCO)cc2O)=N1. The summed E-state index contributed by atoms with van der Waals surface area (Å²) in [6.45, 7) is 5.08. The predicted octanol–water partition coefficient (Wildman–Crippen LogP) is 3.60. The summed E-state index contributed by atoms with van der Waals surface area (Å²) in [7, 11) is 0. The van der Waals surface area contributed by atoms with Gasteiger partial charge in [0.15, 0.2) is 0 Å². The van der Waals surface area contributed by atoms with Gasteiger partial charge in [-0.15, -0.1) is 11.8 Å². The number of benzene rings is 1. The maximum Gasteiger partial charge on any atom is 0.129 e. The van der Waals surface area contributed by atoms with Crippen molar-refractivity contribution >= 4 is 16.8 Å². The molecule has 0 aromatic heterocycles. The third-order valence-electron chi connectivity index (χ3n) is 3.49. The van der Waals surface area contributed by atoms with Crippen LogP contribution in [0.4, 0.5) is 0 Å². The van der Waals surface area contributed by atoms with Gasteiger partial charge in [0.25, 0.3) is 0 Å². The summed E-state index contributed by atoms with van der Waals surface area (Å²) >= 11 is 1.68. The molecule has 1 aromatic rings. The molecule has 0 unspecified atom stereocenters. The van der Waals surface area contributed by atoms with Crippen LogP contribution in [0, 0.1) is 0 Å². The first-order chi connectivity index (χ1) is 10.5. The second-order valence-electron chi connectivity index (χ2n) is 6.18. The summed E-state index contributed by atoms with van der Waals surface area (Å²) in [5.74, 6) is 1.85. The highest BCUT2D eigenvalue weighted by molar-refractivity contribution is 8.14. The van der Waals surface area contributed by atoms with Gasteiger partial charge in [-0.2, -0.15) is 0 Å². The van der Waals surface area contributed by atoms with Crippen LogP contribution in [0.25, 0.3) is 0 Å². The van der Waals surface area contributed by atoms with E-state index in [1.807, 2.05) is 12.1 Å². The number of aliphatic imine (C=N–C) groups is 1. The highest BCUT2D eigenvalue weighted by Gasteiger charge is 2.27. The molecule has 0 atom stereocenters. The van der Waals surface area contributed by atoms with Crippen LogP contribution in [-0.2, 0) is 0 Å². The molecule has 1 heterocycles. The lowest BCUT2D eigenvalue weighted by atomic mass is 10.1. The Bertz CT molecular complexity index is 529. The van der Waals surface area contributed by atoms with Gasteiger partial charge in [-0.1, -0.05) is 6.42 Å². The first-order valence-electron chi connectivity index (χ1n) is 7.81. The highest BCUT2D eigenvalue weighted by atomic mass is 32.2. The molecular weight excluding hydrogens is 298 g/mol. The molecule has 0 fully saturated rings. The van der Waals surface area contributed by atoms with E-state index in [2.05, 4.69) is 18.8 Å². The van der Waals surface area contributed by atoms with Gasteiger partial charge in [-0.05, 0) is 45.2 Å². The maximum absolute atomic E-state index is 10.2. The minimum absolute atomic E-state index is 0.0593. The Labute approximate surface area is 136 Å². The monoisotopic (exact) mass is 323 g/mol. The molecule has 0 aliphatic carbocycles. The molecular formula is C17H25NO3S. The third-order valence-corrected chi connectivity index (χ3v) is 4.92. The van der Waals surface area contributed by atoms with Crippen molar-refractivity contribution in [2.24, 2.45) is 4.99 Å². The molecule has 0 bridgehead atoms. The van der Waals surface area contributed by atoms with E-state index in [1.165, 1.54) is 0 Å². The molecule has 2 rings (SSSR count). The fourth-order valence-electron chi connectivity index (χ4n) is 2.26. The average Bonchev–Trinajstić information content (AvgIpc) is 2.83. The van der Waals surface area contributed by atoms with Crippen molar-refractivity contribution in [3.05, 3.63) is 23.8 Å². The fourth-order valence-corrected chi connectivity index (χ4v) is 3.46. The Morgan fingerprint density at radius 3 is 2.64 bits per heavy atom. The number of aromatic hydroxyl groups is 1. The van der Waals surface area contributed by atoms with Crippen LogP contribution in [0.1, 0.15) is 45.1 Å². The molecule has 1 aliphatic heterocycles. The van der Waals surface area contributed by atoms with E-state index in [4.69, 9.17) is 9.84 Å². The van der Waals surface area contributed by atoms with Gasteiger partial charge in [0, 0.05) is 24.0 Å². The van der Waals surface area contributed by atoms with Crippen LogP contribution in [0.3, 0.4) is 0 Å². The number of aliphatic hydroxyl groups is 1. The number of thioether (sulfide) groups is 1. The zero-order chi connectivity index (χ0) is 16.0. The van der Waals surface area contributed by atoms with Gasteiger partial charge in [0.1, 0.15) is 16.5 Å². The summed E-state index contributed by atoms with van der Waals surface area (Å²) in [5, 5.41) is 19.8. The van der Waals surface area contributed by atoms with Crippen LogP contribution >= 0.6 is 11.8 Å².